The molecule has 0 radical (unpaired) electrons. The summed E-state index contributed by atoms with van der Waals surface area (Å²) >= 11 is 4.52. The summed E-state index contributed by atoms with van der Waals surface area (Å²) in [6.45, 7) is 5.74. The van der Waals surface area contributed by atoms with E-state index in [1.807, 2.05) is 0 Å². The number of aliphatic imine (C=N–C) groups is 1. The number of benzene rings is 1. The number of fused-ring (bicyclic) bond motifs is 1. The van der Waals surface area contributed by atoms with Gasteiger partial charge in [0.05, 0.1) is 10.4 Å². The number of thioether (sulfide) groups is 1. The first-order chi connectivity index (χ1) is 16.0. The number of ether oxygens (including phenoxy) is 1. The molecule has 2 aliphatic rings. The quantitative estimate of drug-likeness (QED) is 0.256. The number of aromatic nitrogens is 3. The second kappa shape index (κ2) is 9.32. The predicted octanol–water partition coefficient (Wildman–Crippen LogP) is 5.18. The largest absolute Gasteiger partial charge is 0.465 e. The Kier molecular flexibility index (Phi) is 6.93. The lowest BCUT2D eigenvalue weighted by atomic mass is 9.84. The average molecular weight is 575 g/mol. The summed E-state index contributed by atoms with van der Waals surface area (Å²) in [6, 6.07) is 5.15. The van der Waals surface area contributed by atoms with E-state index in [0.717, 1.165) is 10.9 Å². The third-order valence-corrected chi connectivity index (χ3v) is 9.90. The van der Waals surface area contributed by atoms with Crippen LogP contribution in [0.2, 0.25) is 25.7 Å². The number of carbonyl (C=O) groups is 1. The molecule has 2 N–H and O–H groups in total. The van der Waals surface area contributed by atoms with E-state index in [0.29, 0.717) is 23.2 Å². The summed E-state index contributed by atoms with van der Waals surface area (Å²) in [7, 11) is -1.37. The first-order valence-electron chi connectivity index (χ1n) is 10.8. The number of amides is 1. The molecule has 1 aliphatic heterocycles. The number of aromatic amines is 1. The van der Waals surface area contributed by atoms with Crippen LogP contribution < -0.4 is 0 Å². The molecule has 1 aromatic carbocycles. The van der Waals surface area contributed by atoms with Crippen molar-refractivity contribution < 1.29 is 23.4 Å². The molecular weight excluding hydrogens is 548 g/mol. The van der Waals surface area contributed by atoms with E-state index in [4.69, 9.17) is 4.74 Å². The lowest BCUT2D eigenvalue weighted by Gasteiger charge is -2.37. The molecule has 184 valence electrons. The van der Waals surface area contributed by atoms with Crippen LogP contribution in [0.15, 0.2) is 33.9 Å². The SMILES string of the molecule is C[Si](C)(C)CCOCN(C(=O)O)C1=N[C@](CF)(c2cc(Br)ccc2F)[C@@H]2C[C@]2(c2c[nH]nn2)S1. The van der Waals surface area contributed by atoms with Gasteiger partial charge in [-0.25, -0.2) is 23.5 Å². The maximum absolute atomic E-state index is 15.0. The van der Waals surface area contributed by atoms with Crippen molar-refractivity contribution in [2.45, 2.75) is 42.4 Å². The molecule has 1 fully saturated rings. The summed E-state index contributed by atoms with van der Waals surface area (Å²) in [4.78, 5) is 17.8. The monoisotopic (exact) mass is 573 g/mol. The number of rotatable bonds is 8. The molecule has 8 nitrogen and oxygen atoms in total. The van der Waals surface area contributed by atoms with Crippen LogP contribution in [0, 0.1) is 11.7 Å². The van der Waals surface area contributed by atoms with Crippen molar-refractivity contribution in [2.75, 3.05) is 20.0 Å². The normalized spacial score (nSPS) is 26.1. The molecule has 34 heavy (non-hydrogen) atoms. The van der Waals surface area contributed by atoms with Crippen LogP contribution in [0.1, 0.15) is 17.7 Å². The van der Waals surface area contributed by atoms with Gasteiger partial charge in [-0.2, -0.15) is 0 Å². The first kappa shape index (κ1) is 25.3. The van der Waals surface area contributed by atoms with Gasteiger partial charge >= 0.3 is 6.09 Å². The molecule has 2 heterocycles. The number of halogens is 3. The molecule has 2 aromatic rings. The number of carboxylic acid groups (broad SMARTS) is 1. The maximum Gasteiger partial charge on any atom is 0.415 e. The number of alkyl halides is 1. The molecule has 13 heteroatoms. The number of nitrogens with zero attached hydrogens (tertiary/aromatic N) is 4. The zero-order valence-corrected chi connectivity index (χ0v) is 22.4. The Labute approximate surface area is 209 Å². The van der Waals surface area contributed by atoms with Crippen LogP contribution in [0.25, 0.3) is 0 Å². The van der Waals surface area contributed by atoms with E-state index in [2.05, 4.69) is 56.0 Å². The number of H-pyrrole nitrogens is 1. The molecular formula is C21H26BrF2N5O3SSi. The Balaban J connectivity index is 1.75. The molecule has 0 spiro atoms. The minimum absolute atomic E-state index is 0.0503. The summed E-state index contributed by atoms with van der Waals surface area (Å²) in [5.74, 6) is -1.04. The van der Waals surface area contributed by atoms with Crippen LogP contribution in [0.5, 0.6) is 0 Å². The highest BCUT2D eigenvalue weighted by atomic mass is 79.9. The molecule has 0 unspecified atom stereocenters. The van der Waals surface area contributed by atoms with Crippen molar-refractivity contribution in [1.29, 1.82) is 0 Å². The minimum Gasteiger partial charge on any atom is -0.465 e. The van der Waals surface area contributed by atoms with Crippen molar-refractivity contribution in [3.63, 3.8) is 0 Å². The standard InChI is InChI=1S/C21H26BrF2N5O3SSi/c1-34(2,3)7-6-32-12-29(19(30)31)18-26-20(11-23,14-8-13(22)4-5-15(14)24)16-9-21(16,33-18)17-10-25-28-27-17/h4-5,8,10,16H,6-7,9,11-12H2,1-3H3,(H,30,31)(H,25,27,28)/t16-,20+,21-/m0/s1. The van der Waals surface area contributed by atoms with Gasteiger partial charge in [-0.1, -0.05) is 52.5 Å². The number of nitrogens with one attached hydrogen (secondary N) is 1. The lowest BCUT2D eigenvalue weighted by molar-refractivity contribution is 0.0699. The first-order valence-corrected chi connectivity index (χ1v) is 16.1. The van der Waals surface area contributed by atoms with Crippen molar-refractivity contribution in [3.05, 3.63) is 45.9 Å². The lowest BCUT2D eigenvalue weighted by Crippen LogP contribution is -2.44. The average Bonchev–Trinajstić information content (AvgIpc) is 3.25. The number of hydrogen-bond acceptors (Lipinski definition) is 6. The molecule has 0 saturated heterocycles. The molecule has 1 amide bonds. The van der Waals surface area contributed by atoms with Gasteiger partial charge in [0.1, 0.15) is 24.8 Å². The highest BCUT2D eigenvalue weighted by Gasteiger charge is 2.71. The van der Waals surface area contributed by atoms with E-state index in [1.54, 1.807) is 6.20 Å². The number of hydrogen-bond donors (Lipinski definition) is 2. The van der Waals surface area contributed by atoms with Gasteiger partial charge in [0.25, 0.3) is 0 Å². The fourth-order valence-electron chi connectivity index (χ4n) is 4.20. The summed E-state index contributed by atoms with van der Waals surface area (Å²) < 4.78 is 35.5. The third kappa shape index (κ3) is 4.67. The second-order valence-corrected chi connectivity index (χ2v) is 17.6. The fourth-order valence-corrected chi connectivity index (χ4v) is 6.89. The van der Waals surface area contributed by atoms with E-state index < -0.39 is 42.9 Å². The molecule has 4 rings (SSSR count). The number of amidine groups is 1. The summed E-state index contributed by atoms with van der Waals surface area (Å²) in [5.41, 5.74) is -0.991. The topological polar surface area (TPSA) is 104 Å². The molecule has 1 saturated carbocycles. The van der Waals surface area contributed by atoms with Gasteiger partial charge in [-0.3, -0.25) is 5.10 Å². The van der Waals surface area contributed by atoms with Gasteiger partial charge in [-0.05, 0) is 30.7 Å². The smallest absolute Gasteiger partial charge is 0.415 e. The van der Waals surface area contributed by atoms with Crippen LogP contribution in [-0.2, 0) is 15.0 Å². The second-order valence-electron chi connectivity index (χ2n) is 9.74. The highest BCUT2D eigenvalue weighted by molar-refractivity contribution is 9.10. The summed E-state index contributed by atoms with van der Waals surface area (Å²) in [5, 5.41) is 20.6. The van der Waals surface area contributed by atoms with E-state index in [9.17, 15) is 14.3 Å². The Morgan fingerprint density at radius 1 is 1.44 bits per heavy atom. The molecule has 1 aromatic heterocycles. The van der Waals surface area contributed by atoms with Gasteiger partial charge in [-0.15, -0.1) is 5.10 Å². The third-order valence-electron chi connectivity index (χ3n) is 6.18. The van der Waals surface area contributed by atoms with Gasteiger partial charge in [0.15, 0.2) is 5.17 Å². The Bertz CT molecular complexity index is 1100. The Morgan fingerprint density at radius 2 is 2.21 bits per heavy atom. The fraction of sp³-hybridized carbons (Fsp3) is 0.524. The van der Waals surface area contributed by atoms with Crippen LogP contribution in [-0.4, -0.2) is 64.8 Å². The van der Waals surface area contributed by atoms with E-state index in [-0.39, 0.29) is 17.5 Å². The van der Waals surface area contributed by atoms with Crippen molar-refractivity contribution in [1.82, 2.24) is 20.3 Å². The molecule has 1 aliphatic carbocycles. The van der Waals surface area contributed by atoms with E-state index in [1.165, 1.54) is 30.0 Å². The summed E-state index contributed by atoms with van der Waals surface area (Å²) in [6.07, 6.45) is 0.763. The van der Waals surface area contributed by atoms with Crippen LogP contribution in [0.3, 0.4) is 0 Å². The van der Waals surface area contributed by atoms with E-state index >= 15 is 4.39 Å². The predicted molar refractivity (Wildman–Crippen MR) is 132 cm³/mol. The van der Waals surface area contributed by atoms with Gasteiger partial charge < -0.3 is 9.84 Å². The molecule has 0 bridgehead atoms. The van der Waals surface area contributed by atoms with Crippen molar-refractivity contribution >= 4 is 47.0 Å². The maximum atomic E-state index is 15.0. The van der Waals surface area contributed by atoms with Crippen LogP contribution >= 0.6 is 27.7 Å². The Hall–Kier alpha value is -1.83. The minimum atomic E-state index is -1.61. The van der Waals surface area contributed by atoms with Gasteiger partial charge in [0.2, 0.25) is 0 Å². The highest BCUT2D eigenvalue weighted by Crippen LogP contribution is 2.71. The molecule has 3 atom stereocenters. The van der Waals surface area contributed by atoms with Crippen molar-refractivity contribution in [2.24, 2.45) is 10.9 Å². The Morgan fingerprint density at radius 3 is 2.82 bits per heavy atom. The van der Waals surface area contributed by atoms with Crippen LogP contribution in [0.4, 0.5) is 13.6 Å². The zero-order valence-electron chi connectivity index (χ0n) is 19.0. The van der Waals surface area contributed by atoms with Gasteiger partial charge in [0, 0.05) is 36.8 Å². The van der Waals surface area contributed by atoms with Crippen molar-refractivity contribution in [3.8, 4) is 0 Å². The zero-order chi connectivity index (χ0) is 24.7.